The summed E-state index contributed by atoms with van der Waals surface area (Å²) in [6, 6.07) is 8.71. The van der Waals surface area contributed by atoms with Crippen molar-refractivity contribution in [3.05, 3.63) is 35.4 Å². The first-order valence-electron chi connectivity index (χ1n) is 5.67. The van der Waals surface area contributed by atoms with Crippen LogP contribution in [0.5, 0.6) is 0 Å². The fraction of sp³-hybridized carbons (Fsp3) is 0.538. The van der Waals surface area contributed by atoms with Gasteiger partial charge in [0.25, 0.3) is 0 Å². The molecule has 1 aliphatic rings. The summed E-state index contributed by atoms with van der Waals surface area (Å²) in [5.41, 5.74) is 8.51. The zero-order chi connectivity index (χ0) is 11.3. The van der Waals surface area contributed by atoms with Gasteiger partial charge in [0.15, 0.2) is 0 Å². The van der Waals surface area contributed by atoms with Crippen molar-refractivity contribution in [3.63, 3.8) is 0 Å². The summed E-state index contributed by atoms with van der Waals surface area (Å²) >= 11 is 0. The molecular weight excluding hydrogens is 186 g/mol. The summed E-state index contributed by atoms with van der Waals surface area (Å²) in [4.78, 5) is 0. The molecule has 0 aromatic heterocycles. The molecule has 0 amide bonds. The summed E-state index contributed by atoms with van der Waals surface area (Å²) < 4.78 is 5.33. The van der Waals surface area contributed by atoms with Gasteiger partial charge in [-0.05, 0) is 12.5 Å². The Morgan fingerprint density at radius 2 is 1.73 bits per heavy atom. The van der Waals surface area contributed by atoms with Crippen LogP contribution in [0.1, 0.15) is 30.9 Å². The molecule has 0 bridgehead atoms. The maximum atomic E-state index is 5.92. The molecule has 1 aromatic carbocycles. The molecular formula is C13H21NO. The third kappa shape index (κ3) is 3.05. The molecule has 0 aliphatic carbocycles. The van der Waals surface area contributed by atoms with E-state index >= 15 is 0 Å². The molecule has 2 rings (SSSR count). The van der Waals surface area contributed by atoms with E-state index in [1.165, 1.54) is 11.1 Å². The lowest BCUT2D eigenvalue weighted by Gasteiger charge is -2.13. The Balaban J connectivity index is 0.000000531. The molecule has 1 fully saturated rings. The maximum absolute atomic E-state index is 5.92. The van der Waals surface area contributed by atoms with Gasteiger partial charge in [-0.3, -0.25) is 0 Å². The minimum atomic E-state index is 0.169. The molecule has 0 radical (unpaired) electrons. The van der Waals surface area contributed by atoms with Crippen molar-refractivity contribution in [2.45, 2.75) is 32.7 Å². The second-order valence-corrected chi connectivity index (χ2v) is 3.72. The third-order valence-electron chi connectivity index (χ3n) is 2.63. The summed E-state index contributed by atoms with van der Waals surface area (Å²) in [6.07, 6.45) is 0. The Hall–Kier alpha value is -0.860. The van der Waals surface area contributed by atoms with Crippen molar-refractivity contribution in [2.75, 3.05) is 13.2 Å². The zero-order valence-electron chi connectivity index (χ0n) is 9.86. The molecule has 2 atom stereocenters. The third-order valence-corrected chi connectivity index (χ3v) is 2.63. The number of ether oxygens (including phenoxy) is 1. The predicted molar refractivity (Wildman–Crippen MR) is 64.1 cm³/mol. The molecule has 2 nitrogen and oxygen atoms in total. The fourth-order valence-corrected chi connectivity index (χ4v) is 1.73. The van der Waals surface area contributed by atoms with E-state index in [1.807, 2.05) is 13.8 Å². The quantitative estimate of drug-likeness (QED) is 0.767. The van der Waals surface area contributed by atoms with Gasteiger partial charge in [-0.2, -0.15) is 0 Å². The first-order valence-corrected chi connectivity index (χ1v) is 5.67. The summed E-state index contributed by atoms with van der Waals surface area (Å²) in [7, 11) is 0. The standard InChI is InChI=1S/C11H15NO.C2H6/c1-8-2-4-9(5-3-8)10-6-13-7-11(10)12;1-2/h2-5,10-11H,6-7,12H2,1H3;1-2H3. The van der Waals surface area contributed by atoms with Gasteiger partial charge >= 0.3 is 0 Å². The van der Waals surface area contributed by atoms with Crippen molar-refractivity contribution in [3.8, 4) is 0 Å². The number of nitrogens with two attached hydrogens (primary N) is 1. The normalized spacial score (nSPS) is 24.5. The molecule has 0 saturated carbocycles. The van der Waals surface area contributed by atoms with E-state index in [2.05, 4.69) is 31.2 Å². The molecule has 2 heteroatoms. The van der Waals surface area contributed by atoms with Crippen LogP contribution >= 0.6 is 0 Å². The number of hydrogen-bond donors (Lipinski definition) is 1. The lowest BCUT2D eigenvalue weighted by atomic mass is 9.94. The van der Waals surface area contributed by atoms with Gasteiger partial charge < -0.3 is 10.5 Å². The molecule has 84 valence electrons. The Morgan fingerprint density at radius 3 is 2.20 bits per heavy atom. The Labute approximate surface area is 92.4 Å². The second kappa shape index (κ2) is 5.89. The zero-order valence-corrected chi connectivity index (χ0v) is 9.86. The summed E-state index contributed by atoms with van der Waals surface area (Å²) in [5, 5.41) is 0. The summed E-state index contributed by atoms with van der Waals surface area (Å²) in [6.45, 7) is 7.55. The monoisotopic (exact) mass is 207 g/mol. The minimum absolute atomic E-state index is 0.169. The number of hydrogen-bond acceptors (Lipinski definition) is 2. The van der Waals surface area contributed by atoms with Gasteiger partial charge in [0.1, 0.15) is 0 Å². The van der Waals surface area contributed by atoms with Crippen LogP contribution in [-0.2, 0) is 4.74 Å². The Bertz CT molecular complexity index is 281. The Kier molecular flexibility index (Phi) is 4.79. The van der Waals surface area contributed by atoms with Crippen LogP contribution in [0.4, 0.5) is 0 Å². The molecule has 15 heavy (non-hydrogen) atoms. The molecule has 1 saturated heterocycles. The van der Waals surface area contributed by atoms with Gasteiger partial charge in [-0.25, -0.2) is 0 Å². The van der Waals surface area contributed by atoms with Gasteiger partial charge in [0.05, 0.1) is 13.2 Å². The molecule has 1 heterocycles. The molecule has 1 aliphatic heterocycles. The highest BCUT2D eigenvalue weighted by Gasteiger charge is 2.25. The van der Waals surface area contributed by atoms with E-state index in [1.54, 1.807) is 0 Å². The van der Waals surface area contributed by atoms with Gasteiger partial charge in [0, 0.05) is 12.0 Å². The topological polar surface area (TPSA) is 35.2 Å². The van der Waals surface area contributed by atoms with Crippen LogP contribution in [0, 0.1) is 6.92 Å². The van der Waals surface area contributed by atoms with Crippen molar-refractivity contribution >= 4 is 0 Å². The van der Waals surface area contributed by atoms with Crippen LogP contribution < -0.4 is 5.73 Å². The Morgan fingerprint density at radius 1 is 1.13 bits per heavy atom. The SMILES string of the molecule is CC.Cc1ccc(C2COCC2N)cc1. The van der Waals surface area contributed by atoms with E-state index in [9.17, 15) is 0 Å². The summed E-state index contributed by atoms with van der Waals surface area (Å²) in [5.74, 6) is 0.389. The highest BCUT2D eigenvalue weighted by Crippen LogP contribution is 2.24. The van der Waals surface area contributed by atoms with Crippen molar-refractivity contribution in [1.82, 2.24) is 0 Å². The average Bonchev–Trinajstić information content (AvgIpc) is 2.69. The smallest absolute Gasteiger partial charge is 0.0624 e. The second-order valence-electron chi connectivity index (χ2n) is 3.72. The average molecular weight is 207 g/mol. The van der Waals surface area contributed by atoms with Crippen LogP contribution in [0.15, 0.2) is 24.3 Å². The van der Waals surface area contributed by atoms with E-state index in [0.29, 0.717) is 12.5 Å². The van der Waals surface area contributed by atoms with Gasteiger partial charge in [-0.1, -0.05) is 43.7 Å². The number of aryl methyl sites for hydroxylation is 1. The van der Waals surface area contributed by atoms with Crippen LogP contribution in [0.3, 0.4) is 0 Å². The molecule has 0 spiro atoms. The fourth-order valence-electron chi connectivity index (χ4n) is 1.73. The van der Waals surface area contributed by atoms with E-state index in [4.69, 9.17) is 10.5 Å². The lowest BCUT2D eigenvalue weighted by Crippen LogP contribution is -2.26. The lowest BCUT2D eigenvalue weighted by molar-refractivity contribution is 0.191. The van der Waals surface area contributed by atoms with E-state index in [-0.39, 0.29) is 6.04 Å². The highest BCUT2D eigenvalue weighted by molar-refractivity contribution is 5.26. The first-order chi connectivity index (χ1) is 7.27. The van der Waals surface area contributed by atoms with E-state index in [0.717, 1.165) is 6.61 Å². The van der Waals surface area contributed by atoms with Crippen molar-refractivity contribution in [2.24, 2.45) is 5.73 Å². The van der Waals surface area contributed by atoms with Crippen LogP contribution in [0.25, 0.3) is 0 Å². The van der Waals surface area contributed by atoms with Crippen LogP contribution in [-0.4, -0.2) is 19.3 Å². The van der Waals surface area contributed by atoms with Gasteiger partial charge in [-0.15, -0.1) is 0 Å². The number of benzene rings is 1. The first kappa shape index (κ1) is 12.2. The molecule has 2 N–H and O–H groups in total. The maximum Gasteiger partial charge on any atom is 0.0624 e. The van der Waals surface area contributed by atoms with Crippen LogP contribution in [0.2, 0.25) is 0 Å². The minimum Gasteiger partial charge on any atom is -0.379 e. The van der Waals surface area contributed by atoms with Gasteiger partial charge in [0.2, 0.25) is 0 Å². The molecule has 2 unspecified atom stereocenters. The van der Waals surface area contributed by atoms with Crippen molar-refractivity contribution in [1.29, 1.82) is 0 Å². The predicted octanol–water partition coefficient (Wildman–Crippen LogP) is 2.46. The van der Waals surface area contributed by atoms with Crippen molar-refractivity contribution < 1.29 is 4.74 Å². The number of rotatable bonds is 1. The largest absolute Gasteiger partial charge is 0.379 e. The molecule has 1 aromatic rings. The highest BCUT2D eigenvalue weighted by atomic mass is 16.5. The van der Waals surface area contributed by atoms with E-state index < -0.39 is 0 Å².